The molecule has 2 atom stereocenters. The van der Waals surface area contributed by atoms with Gasteiger partial charge in [0.05, 0.1) is 11.0 Å². The van der Waals surface area contributed by atoms with E-state index in [-0.39, 0.29) is 5.69 Å². The number of para-hydroxylation sites is 2. The van der Waals surface area contributed by atoms with Crippen LogP contribution in [0.5, 0.6) is 0 Å². The molecule has 1 saturated carbocycles. The Balaban J connectivity index is 1.27. The molecule has 4 heteroatoms. The van der Waals surface area contributed by atoms with Crippen LogP contribution in [0.25, 0.3) is 11.0 Å². The van der Waals surface area contributed by atoms with Gasteiger partial charge in [-0.15, -0.1) is 0 Å². The summed E-state index contributed by atoms with van der Waals surface area (Å²) in [7, 11) is 0. The van der Waals surface area contributed by atoms with Crippen LogP contribution in [-0.2, 0) is 0 Å². The number of aromatic nitrogens is 2. The van der Waals surface area contributed by atoms with Gasteiger partial charge in [-0.05, 0) is 55.7 Å². The number of H-pyrrole nitrogens is 1. The smallest absolute Gasteiger partial charge is 0.306 e. The first kappa shape index (κ1) is 17.7. The lowest BCUT2D eigenvalue weighted by Gasteiger charge is -2.41. The molecule has 2 unspecified atom stereocenters. The Bertz CT molecular complexity index is 982. The van der Waals surface area contributed by atoms with Gasteiger partial charge in [-0.3, -0.25) is 4.57 Å². The summed E-state index contributed by atoms with van der Waals surface area (Å²) in [6.45, 7) is 2.20. The molecule has 4 nitrogen and oxygen atoms in total. The van der Waals surface area contributed by atoms with Gasteiger partial charge in [0.2, 0.25) is 0 Å². The Morgan fingerprint density at radius 3 is 2.39 bits per heavy atom. The van der Waals surface area contributed by atoms with Crippen LogP contribution in [0.4, 0.5) is 0 Å². The molecule has 1 saturated heterocycles. The van der Waals surface area contributed by atoms with Crippen LogP contribution < -0.4 is 5.69 Å². The fourth-order valence-corrected chi connectivity index (χ4v) is 5.47. The summed E-state index contributed by atoms with van der Waals surface area (Å²) >= 11 is 0. The van der Waals surface area contributed by atoms with Crippen molar-refractivity contribution < 1.29 is 0 Å². The fourth-order valence-electron chi connectivity index (χ4n) is 5.47. The maximum atomic E-state index is 12.5. The number of imidazole rings is 1. The van der Waals surface area contributed by atoms with Gasteiger partial charge >= 0.3 is 5.69 Å². The first-order chi connectivity index (χ1) is 13.8. The Labute approximate surface area is 166 Å². The van der Waals surface area contributed by atoms with Crippen LogP contribution in [0.15, 0.2) is 59.4 Å². The quantitative estimate of drug-likeness (QED) is 0.721. The van der Waals surface area contributed by atoms with Crippen LogP contribution in [0.1, 0.15) is 56.0 Å². The van der Waals surface area contributed by atoms with E-state index in [0.717, 1.165) is 37.0 Å². The van der Waals surface area contributed by atoms with Crippen molar-refractivity contribution in [3.8, 4) is 0 Å². The number of fused-ring (bicyclic) bond motifs is 1. The average Bonchev–Trinajstić information content (AvgIpc) is 3.10. The summed E-state index contributed by atoms with van der Waals surface area (Å²) < 4.78 is 2.00. The highest BCUT2D eigenvalue weighted by Gasteiger charge is 2.31. The number of piperidine rings is 1. The van der Waals surface area contributed by atoms with Crippen molar-refractivity contribution in [2.45, 2.75) is 56.5 Å². The number of hydrogen-bond acceptors (Lipinski definition) is 2. The van der Waals surface area contributed by atoms with Crippen molar-refractivity contribution >= 4 is 11.0 Å². The van der Waals surface area contributed by atoms with Crippen molar-refractivity contribution in [3.05, 3.63) is 70.6 Å². The summed E-state index contributed by atoms with van der Waals surface area (Å²) in [4.78, 5) is 18.2. The Morgan fingerprint density at radius 2 is 1.57 bits per heavy atom. The van der Waals surface area contributed by atoms with E-state index in [1.54, 1.807) is 0 Å². The molecule has 2 heterocycles. The second-order valence-corrected chi connectivity index (χ2v) is 8.51. The number of likely N-dealkylation sites (tertiary alicyclic amines) is 1. The van der Waals surface area contributed by atoms with E-state index >= 15 is 0 Å². The summed E-state index contributed by atoms with van der Waals surface area (Å²) in [5, 5.41) is 0. The van der Waals surface area contributed by atoms with E-state index in [9.17, 15) is 4.79 Å². The normalized spacial score (nSPS) is 24.6. The maximum Gasteiger partial charge on any atom is 0.326 e. The molecule has 2 fully saturated rings. The van der Waals surface area contributed by atoms with Gasteiger partial charge < -0.3 is 9.88 Å². The third-order valence-corrected chi connectivity index (χ3v) is 6.92. The van der Waals surface area contributed by atoms with E-state index in [1.165, 1.54) is 31.2 Å². The second kappa shape index (κ2) is 7.59. The molecular formula is C24H29N3O. The molecule has 146 valence electrons. The van der Waals surface area contributed by atoms with Gasteiger partial charge in [0.15, 0.2) is 0 Å². The van der Waals surface area contributed by atoms with Gasteiger partial charge in [0, 0.05) is 25.2 Å². The van der Waals surface area contributed by atoms with Crippen molar-refractivity contribution in [2.75, 3.05) is 13.1 Å². The first-order valence-corrected chi connectivity index (χ1v) is 10.8. The zero-order chi connectivity index (χ0) is 18.9. The highest BCUT2D eigenvalue weighted by atomic mass is 16.1. The zero-order valence-corrected chi connectivity index (χ0v) is 16.4. The predicted octanol–water partition coefficient (Wildman–Crippen LogP) is 4.69. The van der Waals surface area contributed by atoms with Crippen molar-refractivity contribution in [2.24, 2.45) is 0 Å². The molecule has 28 heavy (non-hydrogen) atoms. The predicted molar refractivity (Wildman–Crippen MR) is 114 cm³/mol. The van der Waals surface area contributed by atoms with Crippen molar-refractivity contribution in [1.29, 1.82) is 0 Å². The molecule has 1 aromatic heterocycles. The lowest BCUT2D eigenvalue weighted by atomic mass is 9.80. The van der Waals surface area contributed by atoms with E-state index in [0.29, 0.717) is 18.0 Å². The van der Waals surface area contributed by atoms with Crippen LogP contribution in [0.2, 0.25) is 0 Å². The minimum absolute atomic E-state index is 0.0430. The van der Waals surface area contributed by atoms with Gasteiger partial charge in [0.1, 0.15) is 0 Å². The number of hydrogen-bond donors (Lipinski definition) is 1. The number of benzene rings is 2. The second-order valence-electron chi connectivity index (χ2n) is 8.51. The number of aromatic amines is 1. The third-order valence-electron chi connectivity index (χ3n) is 6.92. The first-order valence-electron chi connectivity index (χ1n) is 10.8. The molecule has 2 aliphatic rings. The van der Waals surface area contributed by atoms with Gasteiger partial charge in [-0.2, -0.15) is 0 Å². The van der Waals surface area contributed by atoms with Crippen LogP contribution in [0, 0.1) is 0 Å². The lowest BCUT2D eigenvalue weighted by Crippen LogP contribution is -2.44. The molecule has 3 aromatic rings. The highest BCUT2D eigenvalue weighted by molar-refractivity contribution is 5.75. The van der Waals surface area contributed by atoms with Crippen molar-refractivity contribution in [3.63, 3.8) is 0 Å². The Kier molecular flexibility index (Phi) is 4.81. The molecule has 5 rings (SSSR count). The van der Waals surface area contributed by atoms with Crippen LogP contribution >= 0.6 is 0 Å². The molecule has 1 aliphatic carbocycles. The molecule has 0 amide bonds. The van der Waals surface area contributed by atoms with E-state index in [2.05, 4.69) is 46.3 Å². The summed E-state index contributed by atoms with van der Waals surface area (Å²) in [5.41, 5.74) is 3.55. The summed E-state index contributed by atoms with van der Waals surface area (Å²) in [6.07, 6.45) is 7.37. The Morgan fingerprint density at radius 1 is 0.821 bits per heavy atom. The summed E-state index contributed by atoms with van der Waals surface area (Å²) in [6, 6.07) is 20.1. The summed E-state index contributed by atoms with van der Waals surface area (Å²) in [5.74, 6) is 0.703. The van der Waals surface area contributed by atoms with E-state index < -0.39 is 0 Å². The zero-order valence-electron chi connectivity index (χ0n) is 16.4. The monoisotopic (exact) mass is 375 g/mol. The average molecular weight is 376 g/mol. The molecule has 2 aromatic carbocycles. The Hall–Kier alpha value is -2.33. The molecule has 1 aliphatic heterocycles. The third kappa shape index (κ3) is 3.30. The molecular weight excluding hydrogens is 346 g/mol. The SMILES string of the molecule is O=c1[nH]c2ccccc2n1C1CCN(C2CCCC(c3ccccc3)C2)CC1. The number of nitrogens with one attached hydrogen (secondary N) is 1. The topological polar surface area (TPSA) is 41.0 Å². The van der Waals surface area contributed by atoms with E-state index in [1.807, 2.05) is 22.8 Å². The molecule has 0 spiro atoms. The minimum atomic E-state index is 0.0430. The van der Waals surface area contributed by atoms with Gasteiger partial charge in [0.25, 0.3) is 0 Å². The van der Waals surface area contributed by atoms with Crippen LogP contribution in [0.3, 0.4) is 0 Å². The minimum Gasteiger partial charge on any atom is -0.306 e. The van der Waals surface area contributed by atoms with E-state index in [4.69, 9.17) is 0 Å². The lowest BCUT2D eigenvalue weighted by molar-refractivity contribution is 0.103. The highest BCUT2D eigenvalue weighted by Crippen LogP contribution is 2.36. The standard InChI is InChI=1S/C24H29N3O/c28-24-25-22-11-4-5-12-23(22)27(24)20-13-15-26(16-14-20)21-10-6-9-19(17-21)18-7-2-1-3-8-18/h1-5,7-8,11-12,19-21H,6,9-10,13-17H2,(H,25,28). The molecule has 0 bridgehead atoms. The molecule has 1 N–H and O–H groups in total. The molecule has 0 radical (unpaired) electrons. The largest absolute Gasteiger partial charge is 0.326 e. The maximum absolute atomic E-state index is 12.5. The van der Waals surface area contributed by atoms with Gasteiger partial charge in [-0.25, -0.2) is 4.79 Å². The number of rotatable bonds is 3. The van der Waals surface area contributed by atoms with Crippen LogP contribution in [-0.4, -0.2) is 33.6 Å². The number of nitrogens with zero attached hydrogens (tertiary/aromatic N) is 2. The fraction of sp³-hybridized carbons (Fsp3) is 0.458. The van der Waals surface area contributed by atoms with Gasteiger partial charge in [-0.1, -0.05) is 48.9 Å². The van der Waals surface area contributed by atoms with Crippen molar-refractivity contribution in [1.82, 2.24) is 14.5 Å².